The number of hydrogen-bond donors (Lipinski definition) is 1. The SMILES string of the molecule is Cc1ccc([N+](=O)[O-])cc1N([C@H](C)C(=O)Nc1cccc([N+](=O)[O-])c1C)S(C)(=O)=O. The summed E-state index contributed by atoms with van der Waals surface area (Å²) in [5.74, 6) is -0.755. The molecule has 11 nitrogen and oxygen atoms in total. The van der Waals surface area contributed by atoms with Crippen molar-refractivity contribution in [3.8, 4) is 0 Å². The van der Waals surface area contributed by atoms with E-state index < -0.39 is 31.8 Å². The Balaban J connectivity index is 2.47. The number of rotatable bonds is 7. The number of hydrogen-bond acceptors (Lipinski definition) is 7. The minimum absolute atomic E-state index is 0.00915. The van der Waals surface area contributed by atoms with Crippen LogP contribution in [0.25, 0.3) is 0 Å². The first-order valence-corrected chi connectivity index (χ1v) is 10.5. The molecule has 1 N–H and O–H groups in total. The normalized spacial score (nSPS) is 12.1. The number of amides is 1. The van der Waals surface area contributed by atoms with E-state index in [4.69, 9.17) is 0 Å². The summed E-state index contributed by atoms with van der Waals surface area (Å²) in [6, 6.07) is 6.54. The Morgan fingerprint density at radius 2 is 1.73 bits per heavy atom. The van der Waals surface area contributed by atoms with Gasteiger partial charge in [-0.15, -0.1) is 0 Å². The van der Waals surface area contributed by atoms with E-state index in [1.807, 2.05) is 0 Å². The summed E-state index contributed by atoms with van der Waals surface area (Å²) in [7, 11) is -4.01. The Morgan fingerprint density at radius 1 is 1.10 bits per heavy atom. The van der Waals surface area contributed by atoms with Gasteiger partial charge in [0.05, 0.1) is 33.0 Å². The van der Waals surface area contributed by atoms with Gasteiger partial charge in [0, 0.05) is 18.2 Å². The number of benzene rings is 2. The van der Waals surface area contributed by atoms with E-state index in [2.05, 4.69) is 5.32 Å². The Kier molecular flexibility index (Phi) is 6.41. The Labute approximate surface area is 172 Å². The molecular weight excluding hydrogens is 416 g/mol. The van der Waals surface area contributed by atoms with Gasteiger partial charge in [0.1, 0.15) is 6.04 Å². The lowest BCUT2D eigenvalue weighted by atomic mass is 10.1. The first-order valence-electron chi connectivity index (χ1n) is 8.64. The molecule has 12 heteroatoms. The highest BCUT2D eigenvalue weighted by Crippen LogP contribution is 2.30. The van der Waals surface area contributed by atoms with Crippen molar-refractivity contribution in [1.29, 1.82) is 0 Å². The number of sulfonamides is 1. The molecule has 30 heavy (non-hydrogen) atoms. The summed E-state index contributed by atoms with van der Waals surface area (Å²) < 4.78 is 25.7. The molecule has 0 fully saturated rings. The van der Waals surface area contributed by atoms with Crippen molar-refractivity contribution in [2.24, 2.45) is 0 Å². The van der Waals surface area contributed by atoms with Gasteiger partial charge < -0.3 is 5.32 Å². The van der Waals surface area contributed by atoms with Gasteiger partial charge in [-0.3, -0.25) is 29.3 Å². The average molecular weight is 436 g/mol. The number of nitro groups is 2. The molecule has 0 unspecified atom stereocenters. The molecular formula is C18H20N4O7S. The van der Waals surface area contributed by atoms with Crippen molar-refractivity contribution >= 4 is 38.7 Å². The van der Waals surface area contributed by atoms with Crippen LogP contribution in [0.4, 0.5) is 22.7 Å². The first kappa shape index (κ1) is 22.7. The van der Waals surface area contributed by atoms with Crippen LogP contribution >= 0.6 is 0 Å². The summed E-state index contributed by atoms with van der Waals surface area (Å²) in [6.45, 7) is 4.34. The predicted molar refractivity (Wildman–Crippen MR) is 111 cm³/mol. The van der Waals surface area contributed by atoms with Crippen LogP contribution in [0.2, 0.25) is 0 Å². The Morgan fingerprint density at radius 3 is 2.27 bits per heavy atom. The van der Waals surface area contributed by atoms with E-state index in [9.17, 15) is 33.4 Å². The molecule has 0 aliphatic heterocycles. The molecule has 0 saturated heterocycles. The van der Waals surface area contributed by atoms with Crippen molar-refractivity contribution in [3.63, 3.8) is 0 Å². The van der Waals surface area contributed by atoms with Crippen molar-refractivity contribution in [1.82, 2.24) is 0 Å². The largest absolute Gasteiger partial charge is 0.324 e. The zero-order valence-corrected chi connectivity index (χ0v) is 17.5. The summed E-state index contributed by atoms with van der Waals surface area (Å²) >= 11 is 0. The fraction of sp³-hybridized carbons (Fsp3) is 0.278. The molecule has 0 bridgehead atoms. The maximum Gasteiger partial charge on any atom is 0.274 e. The minimum Gasteiger partial charge on any atom is -0.324 e. The van der Waals surface area contributed by atoms with Crippen molar-refractivity contribution in [3.05, 3.63) is 67.8 Å². The fourth-order valence-corrected chi connectivity index (χ4v) is 4.15. The molecule has 0 radical (unpaired) electrons. The number of non-ortho nitro benzene ring substituents is 1. The quantitative estimate of drug-likeness (QED) is 0.517. The number of nitrogens with zero attached hydrogens (tertiary/aromatic N) is 3. The average Bonchev–Trinajstić information content (AvgIpc) is 2.63. The van der Waals surface area contributed by atoms with Crippen LogP contribution in [0.3, 0.4) is 0 Å². The minimum atomic E-state index is -4.01. The molecule has 2 aromatic carbocycles. The van der Waals surface area contributed by atoms with E-state index in [1.54, 1.807) is 6.92 Å². The number of carbonyl (C=O) groups is 1. The third kappa shape index (κ3) is 4.71. The number of carbonyl (C=O) groups excluding carboxylic acids is 1. The van der Waals surface area contributed by atoms with Gasteiger partial charge in [-0.25, -0.2) is 8.42 Å². The second-order valence-electron chi connectivity index (χ2n) is 6.66. The van der Waals surface area contributed by atoms with Gasteiger partial charge in [0.2, 0.25) is 15.9 Å². The molecule has 1 atom stereocenters. The second kappa shape index (κ2) is 8.45. The van der Waals surface area contributed by atoms with Crippen LogP contribution < -0.4 is 9.62 Å². The van der Waals surface area contributed by atoms with Gasteiger partial charge >= 0.3 is 0 Å². The van der Waals surface area contributed by atoms with Crippen LogP contribution in [0.15, 0.2) is 36.4 Å². The maximum absolute atomic E-state index is 12.8. The van der Waals surface area contributed by atoms with Crippen molar-refractivity contribution < 1.29 is 23.1 Å². The molecule has 1 amide bonds. The van der Waals surface area contributed by atoms with E-state index in [0.717, 1.165) is 16.6 Å². The van der Waals surface area contributed by atoms with Crippen LogP contribution in [0, 0.1) is 34.1 Å². The number of nitro benzene ring substituents is 2. The van der Waals surface area contributed by atoms with Gasteiger partial charge in [-0.05, 0) is 32.4 Å². The smallest absolute Gasteiger partial charge is 0.274 e. The lowest BCUT2D eigenvalue weighted by molar-refractivity contribution is -0.385. The van der Waals surface area contributed by atoms with E-state index >= 15 is 0 Å². The Bertz CT molecular complexity index is 1130. The molecule has 0 aliphatic carbocycles. The van der Waals surface area contributed by atoms with Crippen LogP contribution in [0.1, 0.15) is 18.1 Å². The predicted octanol–water partition coefficient (Wildman–Crippen LogP) is 2.91. The van der Waals surface area contributed by atoms with Crippen molar-refractivity contribution in [2.45, 2.75) is 26.8 Å². The highest BCUT2D eigenvalue weighted by atomic mass is 32.2. The molecule has 160 valence electrons. The zero-order valence-electron chi connectivity index (χ0n) is 16.6. The number of nitrogens with one attached hydrogen (secondary N) is 1. The van der Waals surface area contributed by atoms with E-state index in [0.29, 0.717) is 5.56 Å². The van der Waals surface area contributed by atoms with Crippen molar-refractivity contribution in [2.75, 3.05) is 15.9 Å². The van der Waals surface area contributed by atoms with Crippen LogP contribution in [-0.2, 0) is 14.8 Å². The van der Waals surface area contributed by atoms with Gasteiger partial charge in [0.25, 0.3) is 11.4 Å². The molecule has 0 heterocycles. The van der Waals surface area contributed by atoms with E-state index in [1.165, 1.54) is 44.2 Å². The Hall–Kier alpha value is -3.54. The number of aryl methyl sites for hydroxylation is 1. The monoisotopic (exact) mass is 436 g/mol. The molecule has 0 spiro atoms. The summed E-state index contributed by atoms with van der Waals surface area (Å²) in [5.41, 5.74) is 0.245. The van der Waals surface area contributed by atoms with Gasteiger partial charge in [0.15, 0.2) is 0 Å². The summed E-state index contributed by atoms with van der Waals surface area (Å²) in [4.78, 5) is 33.8. The highest BCUT2D eigenvalue weighted by Gasteiger charge is 2.31. The zero-order chi connectivity index (χ0) is 22.8. The maximum atomic E-state index is 12.8. The fourth-order valence-electron chi connectivity index (χ4n) is 2.92. The van der Waals surface area contributed by atoms with Gasteiger partial charge in [-0.1, -0.05) is 12.1 Å². The number of anilines is 2. The molecule has 0 aromatic heterocycles. The topological polar surface area (TPSA) is 153 Å². The summed E-state index contributed by atoms with van der Waals surface area (Å²) in [5, 5.41) is 24.7. The van der Waals surface area contributed by atoms with E-state index in [-0.39, 0.29) is 28.3 Å². The summed E-state index contributed by atoms with van der Waals surface area (Å²) in [6.07, 6.45) is 0.883. The third-order valence-corrected chi connectivity index (χ3v) is 5.72. The first-order chi connectivity index (χ1) is 13.8. The molecule has 0 saturated carbocycles. The standard InChI is InChI=1S/C18H20N4O7S/c1-11-8-9-14(21(24)25)10-17(11)20(30(4,28)29)13(3)18(23)19-15-6-5-7-16(12(15)2)22(26)27/h5-10,13H,1-4H3,(H,19,23)/t13-/m1/s1. The molecule has 2 rings (SSSR count). The second-order valence-corrected chi connectivity index (χ2v) is 8.52. The van der Waals surface area contributed by atoms with Crippen LogP contribution in [0.5, 0.6) is 0 Å². The highest BCUT2D eigenvalue weighted by molar-refractivity contribution is 7.92. The van der Waals surface area contributed by atoms with Crippen LogP contribution in [-0.4, -0.2) is 36.5 Å². The lowest BCUT2D eigenvalue weighted by Gasteiger charge is -2.29. The van der Waals surface area contributed by atoms with Gasteiger partial charge in [-0.2, -0.15) is 0 Å². The lowest BCUT2D eigenvalue weighted by Crippen LogP contribution is -2.45. The molecule has 2 aromatic rings. The third-order valence-electron chi connectivity index (χ3n) is 4.49. The molecule has 0 aliphatic rings.